The molecular weight excluding hydrogens is 240 g/mol. The quantitative estimate of drug-likeness (QED) is 0.909. The van der Waals surface area contributed by atoms with Crippen molar-refractivity contribution in [3.8, 4) is 0 Å². The molecule has 0 spiro atoms. The summed E-state index contributed by atoms with van der Waals surface area (Å²) < 4.78 is 0. The molecule has 4 heteroatoms. The van der Waals surface area contributed by atoms with Crippen LogP contribution in [0.3, 0.4) is 0 Å². The number of hydrazone groups is 1. The van der Waals surface area contributed by atoms with Crippen LogP contribution in [0.5, 0.6) is 0 Å². The highest BCUT2D eigenvalue weighted by Crippen LogP contribution is 2.35. The number of aliphatic carboxylic acids is 1. The van der Waals surface area contributed by atoms with Gasteiger partial charge in [0, 0.05) is 7.05 Å². The molecule has 0 radical (unpaired) electrons. The Morgan fingerprint density at radius 3 is 2.37 bits per heavy atom. The van der Waals surface area contributed by atoms with E-state index in [2.05, 4.69) is 31.1 Å². The van der Waals surface area contributed by atoms with E-state index < -0.39 is 11.9 Å². The van der Waals surface area contributed by atoms with Gasteiger partial charge < -0.3 is 5.11 Å². The third-order valence-electron chi connectivity index (χ3n) is 3.69. The van der Waals surface area contributed by atoms with Gasteiger partial charge in [-0.25, -0.2) is 0 Å². The monoisotopic (exact) mass is 260 g/mol. The van der Waals surface area contributed by atoms with Crippen molar-refractivity contribution in [2.24, 2.45) is 11.0 Å². The Kier molecular flexibility index (Phi) is 3.60. The van der Waals surface area contributed by atoms with Crippen molar-refractivity contribution < 1.29 is 9.90 Å². The predicted octanol–water partition coefficient (Wildman–Crippen LogP) is 2.87. The Hall–Kier alpha value is -1.84. The van der Waals surface area contributed by atoms with Crippen LogP contribution < -0.4 is 0 Å². The number of hydrogen-bond donors (Lipinski definition) is 1. The largest absolute Gasteiger partial charge is 0.481 e. The van der Waals surface area contributed by atoms with Gasteiger partial charge in [-0.3, -0.25) is 9.80 Å². The molecule has 0 saturated heterocycles. The van der Waals surface area contributed by atoms with Gasteiger partial charge in [0.25, 0.3) is 0 Å². The summed E-state index contributed by atoms with van der Waals surface area (Å²) in [5.41, 5.74) is 2.92. The molecule has 4 nitrogen and oxygen atoms in total. The molecule has 102 valence electrons. The molecule has 0 aromatic heterocycles. The molecule has 1 aromatic rings. The molecule has 2 unspecified atom stereocenters. The van der Waals surface area contributed by atoms with E-state index in [0.717, 1.165) is 5.56 Å². The Bertz CT molecular complexity index is 505. The van der Waals surface area contributed by atoms with Crippen LogP contribution in [0.15, 0.2) is 29.4 Å². The number of nitrogens with zero attached hydrogens (tertiary/aromatic N) is 2. The number of carbonyl (C=O) groups is 1. The topological polar surface area (TPSA) is 52.9 Å². The zero-order valence-corrected chi connectivity index (χ0v) is 11.8. The highest BCUT2D eigenvalue weighted by atomic mass is 16.4. The smallest absolute Gasteiger partial charge is 0.314 e. The van der Waals surface area contributed by atoms with E-state index in [1.165, 1.54) is 5.56 Å². The third-order valence-corrected chi connectivity index (χ3v) is 3.69. The number of benzene rings is 1. The maximum atomic E-state index is 11.4. The number of rotatable bonds is 3. The fraction of sp³-hybridized carbons (Fsp3) is 0.467. The number of hydrogen-bond acceptors (Lipinski definition) is 3. The highest BCUT2D eigenvalue weighted by molar-refractivity contribution is 6.02. The molecule has 1 heterocycles. The molecule has 2 atom stereocenters. The van der Waals surface area contributed by atoms with Crippen molar-refractivity contribution in [2.45, 2.75) is 32.7 Å². The van der Waals surface area contributed by atoms with Crippen LogP contribution in [0, 0.1) is 5.92 Å². The van der Waals surface area contributed by atoms with Crippen molar-refractivity contribution >= 4 is 11.7 Å². The summed E-state index contributed by atoms with van der Waals surface area (Å²) in [6, 6.07) is 7.96. The Labute approximate surface area is 113 Å². The normalized spacial score (nSPS) is 22.8. The zero-order chi connectivity index (χ0) is 14.2. The molecule has 0 bridgehead atoms. The van der Waals surface area contributed by atoms with Gasteiger partial charge in [0.05, 0.1) is 11.8 Å². The summed E-state index contributed by atoms with van der Waals surface area (Å²) in [7, 11) is 1.83. The average molecular weight is 260 g/mol. The minimum atomic E-state index is -0.816. The van der Waals surface area contributed by atoms with Gasteiger partial charge in [-0.2, -0.15) is 5.10 Å². The fourth-order valence-electron chi connectivity index (χ4n) is 2.62. The van der Waals surface area contributed by atoms with Crippen molar-refractivity contribution in [2.75, 3.05) is 7.05 Å². The van der Waals surface area contributed by atoms with E-state index in [4.69, 9.17) is 0 Å². The molecule has 2 rings (SSSR count). The first kappa shape index (κ1) is 13.6. The lowest BCUT2D eigenvalue weighted by atomic mass is 9.89. The lowest BCUT2D eigenvalue weighted by Gasteiger charge is -2.23. The molecule has 0 amide bonds. The van der Waals surface area contributed by atoms with Crippen LogP contribution in [0.2, 0.25) is 0 Å². The van der Waals surface area contributed by atoms with Crippen molar-refractivity contribution in [3.63, 3.8) is 0 Å². The first-order chi connectivity index (χ1) is 8.91. The number of carboxylic acids is 1. The summed E-state index contributed by atoms with van der Waals surface area (Å²) >= 11 is 0. The molecule has 1 N–H and O–H groups in total. The molecule has 1 aliphatic rings. The van der Waals surface area contributed by atoms with Gasteiger partial charge >= 0.3 is 5.97 Å². The second-order valence-corrected chi connectivity index (χ2v) is 5.40. The van der Waals surface area contributed by atoms with Crippen LogP contribution in [-0.4, -0.2) is 28.8 Å². The fourth-order valence-corrected chi connectivity index (χ4v) is 2.62. The average Bonchev–Trinajstić information content (AvgIpc) is 2.64. The van der Waals surface area contributed by atoms with Crippen LogP contribution in [0.1, 0.15) is 43.9 Å². The van der Waals surface area contributed by atoms with E-state index in [1.54, 1.807) is 11.9 Å². The molecule has 1 aromatic carbocycles. The van der Waals surface area contributed by atoms with Crippen molar-refractivity contribution in [3.05, 3.63) is 35.4 Å². The summed E-state index contributed by atoms with van der Waals surface area (Å²) in [5, 5.41) is 15.4. The maximum absolute atomic E-state index is 11.4. The van der Waals surface area contributed by atoms with Crippen LogP contribution in [0.25, 0.3) is 0 Å². The van der Waals surface area contributed by atoms with E-state index in [0.29, 0.717) is 11.6 Å². The third kappa shape index (κ3) is 2.48. The van der Waals surface area contributed by atoms with Gasteiger partial charge in [0.1, 0.15) is 5.92 Å². The Balaban J connectivity index is 2.32. The Morgan fingerprint density at radius 2 is 1.89 bits per heavy atom. The molecule has 0 aliphatic carbocycles. The minimum absolute atomic E-state index is 0.210. The standard InChI is InChI=1S/C15H20N2O2/c1-9(2)11-5-7-12(8-6-11)14-13(15(18)19)10(3)16-17(14)4/h5-9,13-14H,1-4H3,(H,18,19). The lowest BCUT2D eigenvalue weighted by molar-refractivity contribution is -0.140. The van der Waals surface area contributed by atoms with E-state index in [1.807, 2.05) is 19.2 Å². The summed E-state index contributed by atoms with van der Waals surface area (Å²) in [5.74, 6) is -0.901. The second kappa shape index (κ2) is 5.03. The predicted molar refractivity (Wildman–Crippen MR) is 75.3 cm³/mol. The first-order valence-corrected chi connectivity index (χ1v) is 6.52. The van der Waals surface area contributed by atoms with Gasteiger partial charge in [0.15, 0.2) is 0 Å². The number of carboxylic acid groups (broad SMARTS) is 1. The van der Waals surface area contributed by atoms with Crippen molar-refractivity contribution in [1.82, 2.24) is 5.01 Å². The molecule has 1 aliphatic heterocycles. The molecular formula is C15H20N2O2. The van der Waals surface area contributed by atoms with Crippen LogP contribution >= 0.6 is 0 Å². The first-order valence-electron chi connectivity index (χ1n) is 6.52. The van der Waals surface area contributed by atoms with Gasteiger partial charge in [-0.1, -0.05) is 38.1 Å². The SMILES string of the molecule is CC1=NN(C)C(c2ccc(C(C)C)cc2)C1C(=O)O. The van der Waals surface area contributed by atoms with Gasteiger partial charge in [-0.15, -0.1) is 0 Å². The van der Waals surface area contributed by atoms with Crippen LogP contribution in [0.4, 0.5) is 0 Å². The highest BCUT2D eigenvalue weighted by Gasteiger charge is 2.39. The summed E-state index contributed by atoms with van der Waals surface area (Å²) in [6.45, 7) is 6.06. The van der Waals surface area contributed by atoms with Crippen molar-refractivity contribution in [1.29, 1.82) is 0 Å². The molecule has 19 heavy (non-hydrogen) atoms. The zero-order valence-electron chi connectivity index (χ0n) is 11.8. The van der Waals surface area contributed by atoms with E-state index in [9.17, 15) is 9.90 Å². The van der Waals surface area contributed by atoms with E-state index >= 15 is 0 Å². The van der Waals surface area contributed by atoms with Gasteiger partial charge in [-0.05, 0) is 24.0 Å². The maximum Gasteiger partial charge on any atom is 0.314 e. The molecule has 0 saturated carbocycles. The summed E-state index contributed by atoms with van der Waals surface area (Å²) in [4.78, 5) is 11.4. The Morgan fingerprint density at radius 1 is 1.32 bits per heavy atom. The van der Waals surface area contributed by atoms with Gasteiger partial charge in [0.2, 0.25) is 0 Å². The minimum Gasteiger partial charge on any atom is -0.481 e. The second-order valence-electron chi connectivity index (χ2n) is 5.40. The van der Waals surface area contributed by atoms with E-state index in [-0.39, 0.29) is 6.04 Å². The summed E-state index contributed by atoms with van der Waals surface area (Å²) in [6.07, 6.45) is 0. The molecule has 0 fully saturated rings. The lowest BCUT2D eigenvalue weighted by Crippen LogP contribution is -2.28. The van der Waals surface area contributed by atoms with Crippen LogP contribution in [-0.2, 0) is 4.79 Å².